The fourth-order valence-electron chi connectivity index (χ4n) is 12.9. The summed E-state index contributed by atoms with van der Waals surface area (Å²) in [5.74, 6) is 0.807. The number of esters is 1. The zero-order valence-electron chi connectivity index (χ0n) is 32.1. The van der Waals surface area contributed by atoms with Crippen LogP contribution in [0.25, 0.3) is 0 Å². The van der Waals surface area contributed by atoms with Crippen molar-refractivity contribution in [1.82, 2.24) is 0 Å². The van der Waals surface area contributed by atoms with Gasteiger partial charge in [0.2, 0.25) is 0 Å². The summed E-state index contributed by atoms with van der Waals surface area (Å²) in [6, 6.07) is 20.2. The number of fused-ring (bicyclic) bond motifs is 7. The van der Waals surface area contributed by atoms with Crippen LogP contribution in [0.5, 0.6) is 0 Å². The van der Waals surface area contributed by atoms with Crippen LogP contribution >= 0.6 is 0 Å². The van der Waals surface area contributed by atoms with Gasteiger partial charge in [0.05, 0.1) is 24.7 Å². The number of ether oxygens (including phenoxy) is 3. The highest BCUT2D eigenvalue weighted by Crippen LogP contribution is 2.75. The van der Waals surface area contributed by atoms with Crippen LogP contribution in [0, 0.1) is 50.2 Å². The quantitative estimate of drug-likeness (QED) is 0.214. The van der Waals surface area contributed by atoms with Gasteiger partial charge in [0.25, 0.3) is 0 Å². The van der Waals surface area contributed by atoms with E-state index < -0.39 is 11.5 Å². The van der Waals surface area contributed by atoms with Crippen LogP contribution in [-0.4, -0.2) is 37.2 Å². The maximum atomic E-state index is 14.9. The summed E-state index contributed by atoms with van der Waals surface area (Å²) in [6.07, 6.45) is 11.1. The van der Waals surface area contributed by atoms with E-state index in [1.165, 1.54) is 5.57 Å². The van der Waals surface area contributed by atoms with Crippen molar-refractivity contribution in [1.29, 1.82) is 0 Å². The molecule has 0 spiro atoms. The van der Waals surface area contributed by atoms with Gasteiger partial charge >= 0.3 is 5.97 Å². The Morgan fingerprint density at radius 2 is 1.45 bits per heavy atom. The molecule has 0 N–H and O–H groups in total. The molecular weight excluding hydrogens is 633 g/mol. The number of rotatable bonds is 7. The summed E-state index contributed by atoms with van der Waals surface area (Å²) in [7, 11) is 0. The maximum absolute atomic E-state index is 14.9. The molecule has 5 unspecified atom stereocenters. The zero-order chi connectivity index (χ0) is 36.0. The Morgan fingerprint density at radius 1 is 0.824 bits per heavy atom. The Kier molecular flexibility index (Phi) is 8.39. The van der Waals surface area contributed by atoms with E-state index in [0.717, 1.165) is 75.5 Å². The average molecular weight is 693 g/mol. The first kappa shape index (κ1) is 35.3. The Morgan fingerprint density at radius 3 is 2.08 bits per heavy atom. The van der Waals surface area contributed by atoms with E-state index in [0.29, 0.717) is 18.3 Å². The van der Waals surface area contributed by atoms with Crippen LogP contribution in [-0.2, 0) is 23.8 Å². The van der Waals surface area contributed by atoms with E-state index in [2.05, 4.69) is 54.5 Å². The van der Waals surface area contributed by atoms with Gasteiger partial charge in [-0.3, -0.25) is 9.59 Å². The number of carbonyl (C=O) groups excluding carboxylic acids is 2. The number of carbonyl (C=O) groups is 2. The van der Waals surface area contributed by atoms with Crippen molar-refractivity contribution in [3.8, 4) is 0 Å². The molecule has 2 aromatic rings. The van der Waals surface area contributed by atoms with Crippen molar-refractivity contribution in [2.75, 3.05) is 13.2 Å². The van der Waals surface area contributed by atoms with Gasteiger partial charge in [-0.2, -0.15) is 0 Å². The molecule has 0 bridgehead atoms. The molecule has 51 heavy (non-hydrogen) atoms. The lowest BCUT2D eigenvalue weighted by Crippen LogP contribution is -2.66. The highest BCUT2D eigenvalue weighted by atomic mass is 16.6. The number of epoxide rings is 1. The fraction of sp³-hybridized carbons (Fsp3) is 0.652. The molecule has 5 aliphatic carbocycles. The normalized spacial score (nSPS) is 42.5. The van der Waals surface area contributed by atoms with Gasteiger partial charge < -0.3 is 14.2 Å². The Balaban J connectivity index is 1.09. The molecule has 1 aliphatic heterocycles. The van der Waals surface area contributed by atoms with E-state index in [1.54, 1.807) is 0 Å². The van der Waals surface area contributed by atoms with Gasteiger partial charge in [-0.25, -0.2) is 0 Å². The molecule has 8 rings (SSSR count). The average Bonchev–Trinajstić information content (AvgIpc) is 3.93. The first-order valence-corrected chi connectivity index (χ1v) is 19.9. The Labute approximate surface area is 306 Å². The van der Waals surface area contributed by atoms with Gasteiger partial charge in [0.15, 0.2) is 11.9 Å². The monoisotopic (exact) mass is 692 g/mol. The zero-order valence-corrected chi connectivity index (χ0v) is 32.1. The minimum atomic E-state index is -0.635. The van der Waals surface area contributed by atoms with Crippen LogP contribution in [0.2, 0.25) is 0 Å². The first-order chi connectivity index (χ1) is 24.1. The Hall–Kier alpha value is -2.76. The van der Waals surface area contributed by atoms with Gasteiger partial charge in [0, 0.05) is 5.92 Å². The molecule has 4 saturated carbocycles. The van der Waals surface area contributed by atoms with Crippen molar-refractivity contribution in [2.24, 2.45) is 50.2 Å². The van der Waals surface area contributed by atoms with Crippen LogP contribution in [0.15, 0.2) is 72.3 Å². The third-order valence-electron chi connectivity index (χ3n) is 16.3. The second-order valence-corrected chi connectivity index (χ2v) is 19.5. The van der Waals surface area contributed by atoms with E-state index in [1.807, 2.05) is 60.7 Å². The van der Waals surface area contributed by atoms with Gasteiger partial charge in [-0.15, -0.1) is 0 Å². The molecule has 0 amide bonds. The fourth-order valence-corrected chi connectivity index (χ4v) is 12.9. The second kappa shape index (κ2) is 12.1. The summed E-state index contributed by atoms with van der Waals surface area (Å²) in [6.45, 7) is 18.3. The molecule has 5 fully saturated rings. The molecule has 0 radical (unpaired) electrons. The summed E-state index contributed by atoms with van der Waals surface area (Å²) < 4.78 is 18.6. The van der Waals surface area contributed by atoms with E-state index >= 15 is 0 Å². The third kappa shape index (κ3) is 5.45. The number of hydrogen-bond donors (Lipinski definition) is 0. The van der Waals surface area contributed by atoms with Crippen LogP contribution in [0.1, 0.15) is 123 Å². The lowest BCUT2D eigenvalue weighted by Gasteiger charge is -2.70. The summed E-state index contributed by atoms with van der Waals surface area (Å²) in [5, 5.41) is 0. The largest absolute Gasteiger partial charge is 0.452 e. The minimum absolute atomic E-state index is 0.00807. The molecule has 1 saturated heterocycles. The van der Waals surface area contributed by atoms with Crippen LogP contribution in [0.4, 0.5) is 0 Å². The molecule has 2 aromatic carbocycles. The third-order valence-corrected chi connectivity index (χ3v) is 16.3. The molecular formula is C46H60O5. The number of ketones is 1. The molecule has 274 valence electrons. The highest BCUT2D eigenvalue weighted by molar-refractivity contribution is 5.95. The smallest absolute Gasteiger partial charge is 0.312 e. The topological polar surface area (TPSA) is 65.1 Å². The maximum Gasteiger partial charge on any atom is 0.312 e. The van der Waals surface area contributed by atoms with Gasteiger partial charge in [-0.1, -0.05) is 108 Å². The standard InChI is InChI=1S/C46H60O5/c1-41(2)36-18-21-46(7)39(44(36,5)20-19-37(41)50-29-32-28-49-32)35(47)26-33-34-27-43(4,23-22-42(34,3)24-25-45(33,46)6)40(48)51-38(30-14-10-8-11-15-30)31-16-12-9-13-17-31/h8-17,26,32,34,36-39H,18-25,27-29H2,1-7H3/t32?,34-,36?,37-,39?,42?,43-,44?,45+,46+/m0/s1. The second-order valence-electron chi connectivity index (χ2n) is 19.5. The molecule has 10 atom stereocenters. The molecule has 0 aromatic heterocycles. The number of benzene rings is 2. The van der Waals surface area contributed by atoms with Crippen LogP contribution in [0.3, 0.4) is 0 Å². The lowest BCUT2D eigenvalue weighted by atomic mass is 9.33. The van der Waals surface area contributed by atoms with E-state index in [9.17, 15) is 9.59 Å². The summed E-state index contributed by atoms with van der Waals surface area (Å²) in [4.78, 5) is 29.4. The minimum Gasteiger partial charge on any atom is -0.452 e. The van der Waals surface area contributed by atoms with Crippen molar-refractivity contribution in [3.63, 3.8) is 0 Å². The van der Waals surface area contributed by atoms with E-state index in [-0.39, 0.29) is 57.1 Å². The molecule has 5 heteroatoms. The SMILES string of the molecule is CC12CC[C@H](OCC3CO3)C(C)(C)C1CC[C@]1(C)C2C(=O)C=C2[C@@H]3C[C@@](C)(C(=O)OC(c4ccccc4)c4ccccc4)CCC3(C)CC[C@]21C. The number of hydrogen-bond acceptors (Lipinski definition) is 5. The lowest BCUT2D eigenvalue weighted by molar-refractivity contribution is -0.209. The van der Waals surface area contributed by atoms with Gasteiger partial charge in [0.1, 0.15) is 6.10 Å². The molecule has 1 heterocycles. The summed E-state index contributed by atoms with van der Waals surface area (Å²) in [5.41, 5.74) is 2.42. The van der Waals surface area contributed by atoms with Crippen molar-refractivity contribution in [3.05, 3.63) is 83.4 Å². The van der Waals surface area contributed by atoms with E-state index in [4.69, 9.17) is 14.2 Å². The Bertz CT molecular complexity index is 1650. The first-order valence-electron chi connectivity index (χ1n) is 19.9. The van der Waals surface area contributed by atoms with Crippen LogP contribution < -0.4 is 0 Å². The van der Waals surface area contributed by atoms with Crippen molar-refractivity contribution >= 4 is 11.8 Å². The molecule has 6 aliphatic rings. The van der Waals surface area contributed by atoms with Crippen molar-refractivity contribution < 1.29 is 23.8 Å². The van der Waals surface area contributed by atoms with Crippen molar-refractivity contribution in [2.45, 2.75) is 125 Å². The molecule has 5 nitrogen and oxygen atoms in total. The number of allylic oxidation sites excluding steroid dienone is 2. The predicted molar refractivity (Wildman–Crippen MR) is 200 cm³/mol. The predicted octanol–water partition coefficient (Wildman–Crippen LogP) is 10.1. The highest BCUT2D eigenvalue weighted by Gasteiger charge is 2.70. The summed E-state index contributed by atoms with van der Waals surface area (Å²) >= 11 is 0. The van der Waals surface area contributed by atoms with Gasteiger partial charge in [-0.05, 0) is 121 Å².